The third-order valence-corrected chi connectivity index (χ3v) is 8.42. The van der Waals surface area contributed by atoms with E-state index in [1.165, 1.54) is 0 Å². The van der Waals surface area contributed by atoms with Crippen molar-refractivity contribution in [2.45, 2.75) is 84.2 Å². The second kappa shape index (κ2) is 12.3. The van der Waals surface area contributed by atoms with Crippen LogP contribution < -0.4 is 15.5 Å². The van der Waals surface area contributed by atoms with Gasteiger partial charge in [0.05, 0.1) is 6.67 Å². The van der Waals surface area contributed by atoms with Crippen molar-refractivity contribution in [3.05, 3.63) is 59.7 Å². The second-order valence-corrected chi connectivity index (χ2v) is 11.9. The zero-order chi connectivity index (χ0) is 29.0. The molecule has 0 saturated carbocycles. The minimum atomic E-state index is -0.784. The molecule has 4 amide bonds. The van der Waals surface area contributed by atoms with Crippen LogP contribution in [0.3, 0.4) is 0 Å². The van der Waals surface area contributed by atoms with Crippen molar-refractivity contribution in [2.24, 2.45) is 0 Å². The van der Waals surface area contributed by atoms with E-state index < -0.39 is 5.54 Å². The quantitative estimate of drug-likeness (QED) is 0.456. The summed E-state index contributed by atoms with van der Waals surface area (Å²) in [5, 5.41) is 6.21. The second-order valence-electron chi connectivity index (χ2n) is 11.9. The molecule has 1 atom stereocenters. The zero-order valence-electron chi connectivity index (χ0n) is 24.9. The number of rotatable bonds is 8. The lowest BCUT2D eigenvalue weighted by Gasteiger charge is -2.43. The molecule has 2 aliphatic heterocycles. The van der Waals surface area contributed by atoms with Gasteiger partial charge in [0.1, 0.15) is 12.1 Å². The summed E-state index contributed by atoms with van der Waals surface area (Å²) in [6.45, 7) is 13.8. The minimum absolute atomic E-state index is 0.0302. The summed E-state index contributed by atoms with van der Waals surface area (Å²) in [6.07, 6.45) is 1.83. The van der Waals surface area contributed by atoms with Crippen LogP contribution in [0.5, 0.6) is 0 Å². The number of piperidine rings is 1. The number of para-hydroxylation sites is 2. The average molecular weight is 548 g/mol. The van der Waals surface area contributed by atoms with Crippen LogP contribution in [-0.2, 0) is 9.59 Å². The predicted octanol–water partition coefficient (Wildman–Crippen LogP) is 5.52. The summed E-state index contributed by atoms with van der Waals surface area (Å²) in [4.78, 5) is 45.8. The molecule has 4 rings (SSSR count). The molecule has 0 bridgehead atoms. The summed E-state index contributed by atoms with van der Waals surface area (Å²) in [5.74, 6) is 0.368. The fraction of sp³-hybridized carbons (Fsp3) is 0.531. The molecule has 0 aliphatic carbocycles. The molecule has 1 spiro atoms. The van der Waals surface area contributed by atoms with E-state index in [0.717, 1.165) is 28.9 Å². The molecular formula is C32H45N5O3. The van der Waals surface area contributed by atoms with Crippen molar-refractivity contribution >= 4 is 29.2 Å². The van der Waals surface area contributed by atoms with Crippen molar-refractivity contribution in [1.82, 2.24) is 15.1 Å². The smallest absolute Gasteiger partial charge is 0.321 e. The van der Waals surface area contributed by atoms with Gasteiger partial charge in [-0.25, -0.2) is 4.79 Å². The van der Waals surface area contributed by atoms with Crippen molar-refractivity contribution in [3.63, 3.8) is 0 Å². The van der Waals surface area contributed by atoms with Crippen molar-refractivity contribution < 1.29 is 14.4 Å². The van der Waals surface area contributed by atoms with Crippen LogP contribution in [0.1, 0.15) is 83.8 Å². The molecule has 2 heterocycles. The van der Waals surface area contributed by atoms with E-state index in [1.54, 1.807) is 4.90 Å². The van der Waals surface area contributed by atoms with Gasteiger partial charge in [0, 0.05) is 30.5 Å². The molecule has 2 fully saturated rings. The topological polar surface area (TPSA) is 85.0 Å². The Morgan fingerprint density at radius 3 is 2.05 bits per heavy atom. The highest BCUT2D eigenvalue weighted by Gasteiger charge is 2.54. The highest BCUT2D eigenvalue weighted by molar-refractivity contribution is 5.97. The molecule has 8 heteroatoms. The third-order valence-electron chi connectivity index (χ3n) is 8.42. The summed E-state index contributed by atoms with van der Waals surface area (Å²) >= 11 is 0. The van der Waals surface area contributed by atoms with E-state index in [0.29, 0.717) is 32.6 Å². The van der Waals surface area contributed by atoms with Crippen LogP contribution in [0.2, 0.25) is 0 Å². The molecule has 2 aromatic rings. The van der Waals surface area contributed by atoms with Gasteiger partial charge in [-0.2, -0.15) is 0 Å². The molecule has 1 unspecified atom stereocenters. The normalized spacial score (nSPS) is 17.6. The number of urea groups is 1. The van der Waals surface area contributed by atoms with Crippen LogP contribution in [0.4, 0.5) is 16.2 Å². The first-order valence-electron chi connectivity index (χ1n) is 14.7. The Hall–Kier alpha value is -3.55. The summed E-state index contributed by atoms with van der Waals surface area (Å²) in [7, 11) is 0. The first kappa shape index (κ1) is 29.4. The fourth-order valence-electron chi connectivity index (χ4n) is 5.88. The molecule has 8 nitrogen and oxygen atoms in total. The monoisotopic (exact) mass is 547 g/mol. The summed E-state index contributed by atoms with van der Waals surface area (Å²) in [5.41, 5.74) is 3.32. The van der Waals surface area contributed by atoms with Gasteiger partial charge < -0.3 is 25.3 Å². The summed E-state index contributed by atoms with van der Waals surface area (Å²) < 4.78 is 0. The van der Waals surface area contributed by atoms with Gasteiger partial charge in [0.25, 0.3) is 5.91 Å². The van der Waals surface area contributed by atoms with Crippen LogP contribution in [0.25, 0.3) is 0 Å². The Bertz CT molecular complexity index is 1180. The number of nitrogens with zero attached hydrogens (tertiary/aromatic N) is 3. The lowest BCUT2D eigenvalue weighted by Crippen LogP contribution is -2.58. The van der Waals surface area contributed by atoms with Gasteiger partial charge in [-0.15, -0.1) is 0 Å². The Kier molecular flexibility index (Phi) is 9.06. The zero-order valence-corrected chi connectivity index (χ0v) is 24.9. The maximum atomic E-state index is 13.9. The number of likely N-dealkylation sites (tertiary alicyclic amines) is 1. The van der Waals surface area contributed by atoms with Crippen LogP contribution in [-0.4, -0.2) is 65.5 Å². The van der Waals surface area contributed by atoms with Gasteiger partial charge >= 0.3 is 6.03 Å². The predicted molar refractivity (Wildman–Crippen MR) is 161 cm³/mol. The number of nitrogens with one attached hydrogen (secondary N) is 2. The van der Waals surface area contributed by atoms with Crippen LogP contribution in [0, 0.1) is 0 Å². The molecule has 2 saturated heterocycles. The Morgan fingerprint density at radius 2 is 1.50 bits per heavy atom. The maximum Gasteiger partial charge on any atom is 0.321 e. The molecule has 2 N–H and O–H groups in total. The Balaban J connectivity index is 1.53. The first-order chi connectivity index (χ1) is 19.1. The van der Waals surface area contributed by atoms with Crippen LogP contribution in [0.15, 0.2) is 48.5 Å². The van der Waals surface area contributed by atoms with E-state index >= 15 is 0 Å². The van der Waals surface area contributed by atoms with Crippen molar-refractivity contribution in [3.8, 4) is 0 Å². The number of benzene rings is 2. The van der Waals surface area contributed by atoms with E-state index in [1.807, 2.05) is 49.1 Å². The standard InChI is InChI=1S/C32H45N5O3/c1-7-24(6)33-28(38)20-36-21-37(25-12-9-8-10-13-25)32(30(36)39)16-18-35(19-17-32)31(40)34-29-26(22(2)3)14-11-15-27(29)23(4)5/h8-15,22-24H,7,16-21H2,1-6H3,(H,33,38)(H,34,40). The number of hydrogen-bond donors (Lipinski definition) is 2. The van der Waals surface area contributed by atoms with Gasteiger partial charge in [-0.3, -0.25) is 9.59 Å². The molecule has 2 aliphatic rings. The number of anilines is 2. The summed E-state index contributed by atoms with van der Waals surface area (Å²) in [6, 6.07) is 16.0. The van der Waals surface area contributed by atoms with Gasteiger partial charge in [-0.1, -0.05) is 71.0 Å². The number of carbonyl (C=O) groups excluding carboxylic acids is 3. The molecule has 216 valence electrons. The van der Waals surface area contributed by atoms with Crippen LogP contribution >= 0.6 is 0 Å². The first-order valence-corrected chi connectivity index (χ1v) is 14.7. The maximum absolute atomic E-state index is 13.9. The van der Waals surface area contributed by atoms with E-state index in [9.17, 15) is 14.4 Å². The van der Waals surface area contributed by atoms with Gasteiger partial charge in [0.2, 0.25) is 5.91 Å². The number of carbonyl (C=O) groups is 3. The Morgan fingerprint density at radius 1 is 0.900 bits per heavy atom. The lowest BCUT2D eigenvalue weighted by molar-refractivity contribution is -0.137. The molecule has 2 aromatic carbocycles. The highest BCUT2D eigenvalue weighted by atomic mass is 16.2. The van der Waals surface area contributed by atoms with E-state index in [-0.39, 0.29) is 42.3 Å². The van der Waals surface area contributed by atoms with Gasteiger partial charge in [-0.05, 0) is 61.3 Å². The molecule has 40 heavy (non-hydrogen) atoms. The molecular weight excluding hydrogens is 502 g/mol. The molecule has 0 aromatic heterocycles. The number of amides is 4. The SMILES string of the molecule is CCC(C)NC(=O)CN1CN(c2ccccc2)C2(CCN(C(=O)Nc3c(C(C)C)cccc3C(C)C)CC2)C1=O. The fourth-order valence-corrected chi connectivity index (χ4v) is 5.88. The van der Waals surface area contributed by atoms with Gasteiger partial charge in [0.15, 0.2) is 0 Å². The van der Waals surface area contributed by atoms with E-state index in [4.69, 9.17) is 0 Å². The highest BCUT2D eigenvalue weighted by Crippen LogP contribution is 2.40. The third kappa shape index (κ3) is 5.96. The molecule has 0 radical (unpaired) electrons. The average Bonchev–Trinajstić information content (AvgIpc) is 3.19. The Labute approximate surface area is 239 Å². The van der Waals surface area contributed by atoms with Crippen molar-refractivity contribution in [2.75, 3.05) is 36.5 Å². The number of hydrogen-bond acceptors (Lipinski definition) is 4. The van der Waals surface area contributed by atoms with Crippen molar-refractivity contribution in [1.29, 1.82) is 0 Å². The lowest BCUT2D eigenvalue weighted by atomic mass is 9.85. The van der Waals surface area contributed by atoms with E-state index in [2.05, 4.69) is 61.4 Å². The minimum Gasteiger partial charge on any atom is -0.352 e. The largest absolute Gasteiger partial charge is 0.352 e.